The van der Waals surface area contributed by atoms with Crippen molar-refractivity contribution in [2.45, 2.75) is 224 Å². The molecular formula is C48H85NO8. The Morgan fingerprint density at radius 3 is 1.63 bits per heavy atom. The molecule has 9 heteroatoms. The molecule has 0 aliphatic carbocycles. The molecule has 0 aromatic heterocycles. The van der Waals surface area contributed by atoms with Gasteiger partial charge in [0.05, 0.1) is 25.4 Å². The van der Waals surface area contributed by atoms with Crippen molar-refractivity contribution in [2.24, 2.45) is 0 Å². The first-order chi connectivity index (χ1) is 27.8. The summed E-state index contributed by atoms with van der Waals surface area (Å²) in [5, 5.41) is 54.1. The maximum atomic E-state index is 12.9. The summed E-state index contributed by atoms with van der Waals surface area (Å²) in [5.41, 5.74) is 0. The minimum absolute atomic E-state index is 0.208. The first-order valence-corrected chi connectivity index (χ1v) is 23.0. The van der Waals surface area contributed by atoms with Crippen LogP contribution in [0.25, 0.3) is 0 Å². The van der Waals surface area contributed by atoms with Gasteiger partial charge in [0.15, 0.2) is 6.29 Å². The molecule has 1 fully saturated rings. The number of aliphatic hydroxyl groups is 5. The molecular weight excluding hydrogens is 719 g/mol. The maximum absolute atomic E-state index is 12.9. The molecule has 0 aromatic carbocycles. The number of rotatable bonds is 37. The molecule has 1 aliphatic rings. The average molecular weight is 804 g/mol. The van der Waals surface area contributed by atoms with Crippen LogP contribution in [0, 0.1) is 0 Å². The lowest BCUT2D eigenvalue weighted by Gasteiger charge is -2.40. The molecule has 1 heterocycles. The standard InChI is InChI=1S/C48H85NO8/c1-3-5-7-9-11-13-15-17-19-20-21-22-23-24-25-27-29-31-33-35-37-42(51)41(40-56-48-47(55)46(54)45(53)43(39-50)57-48)49-44(52)38-36-34-32-30-28-26-18-16-14-12-10-8-6-4-2/h10,12,16,18,22-23,27,29,35,37,41-43,45-48,50-51,53-55H,3-9,11,13-15,17,19-21,24-26,28,30-34,36,38-40H2,1-2H3,(H,49,52)/b12-10-,18-16-,23-22+,29-27+,37-35+. The molecule has 0 saturated carbocycles. The minimum Gasteiger partial charge on any atom is -0.394 e. The van der Waals surface area contributed by atoms with Crippen LogP contribution in [0.2, 0.25) is 0 Å². The van der Waals surface area contributed by atoms with Gasteiger partial charge in [-0.15, -0.1) is 0 Å². The summed E-state index contributed by atoms with van der Waals surface area (Å²) in [4.78, 5) is 12.9. The summed E-state index contributed by atoms with van der Waals surface area (Å²) in [5.74, 6) is -0.208. The van der Waals surface area contributed by atoms with Gasteiger partial charge in [-0.05, 0) is 70.6 Å². The molecule has 7 unspecified atom stereocenters. The number of unbranched alkanes of at least 4 members (excludes halogenated alkanes) is 19. The molecule has 1 saturated heterocycles. The zero-order valence-electron chi connectivity index (χ0n) is 36.1. The molecule has 1 aliphatic heterocycles. The lowest BCUT2D eigenvalue weighted by atomic mass is 9.99. The van der Waals surface area contributed by atoms with Gasteiger partial charge in [0, 0.05) is 6.42 Å². The number of carbonyl (C=O) groups excluding carboxylic acids is 1. The Morgan fingerprint density at radius 2 is 1.07 bits per heavy atom. The molecule has 0 radical (unpaired) electrons. The highest BCUT2D eigenvalue weighted by molar-refractivity contribution is 5.76. The summed E-state index contributed by atoms with van der Waals surface area (Å²) in [6, 6.07) is -0.836. The highest BCUT2D eigenvalue weighted by atomic mass is 16.7. The van der Waals surface area contributed by atoms with E-state index >= 15 is 0 Å². The van der Waals surface area contributed by atoms with Crippen LogP contribution < -0.4 is 5.32 Å². The molecule has 0 bridgehead atoms. The number of allylic oxidation sites excluding steroid dienone is 9. The van der Waals surface area contributed by atoms with Crippen molar-refractivity contribution in [1.29, 1.82) is 0 Å². The maximum Gasteiger partial charge on any atom is 0.220 e. The first-order valence-electron chi connectivity index (χ1n) is 23.0. The van der Waals surface area contributed by atoms with Crippen molar-refractivity contribution < 1.29 is 39.8 Å². The summed E-state index contributed by atoms with van der Waals surface area (Å²) < 4.78 is 11.2. The second-order valence-corrected chi connectivity index (χ2v) is 15.8. The SMILES string of the molecule is CCCC/C=C\C/C=C\CCCCCCCC(=O)NC(COC1OC(CO)C(O)C(O)C1O)C(O)/C=C/CC/C=C/CC/C=C/CCCCCCCCCCCC. The number of aliphatic hydroxyl groups excluding tert-OH is 5. The second-order valence-electron chi connectivity index (χ2n) is 15.8. The van der Waals surface area contributed by atoms with E-state index in [0.29, 0.717) is 6.42 Å². The molecule has 0 spiro atoms. The summed E-state index contributed by atoms with van der Waals surface area (Å²) >= 11 is 0. The summed E-state index contributed by atoms with van der Waals surface area (Å²) in [7, 11) is 0. The molecule has 1 rings (SSSR count). The fraction of sp³-hybridized carbons (Fsp3) is 0.771. The quantitative estimate of drug-likeness (QED) is 0.0269. The topological polar surface area (TPSA) is 149 Å². The molecule has 9 nitrogen and oxygen atoms in total. The van der Waals surface area contributed by atoms with Crippen molar-refractivity contribution in [3.63, 3.8) is 0 Å². The van der Waals surface area contributed by atoms with E-state index in [1.54, 1.807) is 6.08 Å². The Bertz CT molecular complexity index is 1070. The fourth-order valence-corrected chi connectivity index (χ4v) is 6.79. The molecule has 57 heavy (non-hydrogen) atoms. The van der Waals surface area contributed by atoms with E-state index in [2.05, 4.69) is 67.8 Å². The molecule has 6 N–H and O–H groups in total. The van der Waals surface area contributed by atoms with Crippen molar-refractivity contribution in [2.75, 3.05) is 13.2 Å². The zero-order chi connectivity index (χ0) is 41.6. The van der Waals surface area contributed by atoms with Gasteiger partial charge in [0.1, 0.15) is 24.4 Å². The van der Waals surface area contributed by atoms with Crippen LogP contribution in [-0.4, -0.2) is 87.5 Å². The van der Waals surface area contributed by atoms with Gasteiger partial charge in [-0.1, -0.05) is 164 Å². The van der Waals surface area contributed by atoms with Gasteiger partial charge in [0.2, 0.25) is 5.91 Å². The van der Waals surface area contributed by atoms with E-state index < -0.39 is 49.5 Å². The van der Waals surface area contributed by atoms with Crippen molar-refractivity contribution in [3.05, 3.63) is 60.8 Å². The van der Waals surface area contributed by atoms with Crippen molar-refractivity contribution in [1.82, 2.24) is 5.32 Å². The van der Waals surface area contributed by atoms with Crippen LogP contribution in [0.4, 0.5) is 0 Å². The Labute approximate surface area is 347 Å². The van der Waals surface area contributed by atoms with Gasteiger partial charge in [0.25, 0.3) is 0 Å². The lowest BCUT2D eigenvalue weighted by molar-refractivity contribution is -0.302. The Balaban J connectivity index is 2.41. The number of hydrogen-bond donors (Lipinski definition) is 6. The van der Waals surface area contributed by atoms with Crippen LogP contribution in [-0.2, 0) is 14.3 Å². The third kappa shape index (κ3) is 28.9. The second kappa shape index (κ2) is 38.1. The van der Waals surface area contributed by atoms with Gasteiger partial charge >= 0.3 is 0 Å². The van der Waals surface area contributed by atoms with Crippen LogP contribution >= 0.6 is 0 Å². The van der Waals surface area contributed by atoms with E-state index in [1.807, 2.05) is 6.08 Å². The smallest absolute Gasteiger partial charge is 0.220 e. The van der Waals surface area contributed by atoms with Crippen LogP contribution in [0.1, 0.15) is 181 Å². The van der Waals surface area contributed by atoms with E-state index in [9.17, 15) is 30.3 Å². The third-order valence-corrected chi connectivity index (χ3v) is 10.5. The highest BCUT2D eigenvalue weighted by Gasteiger charge is 2.44. The van der Waals surface area contributed by atoms with Crippen LogP contribution in [0.15, 0.2) is 60.8 Å². The molecule has 0 aromatic rings. The van der Waals surface area contributed by atoms with Crippen LogP contribution in [0.5, 0.6) is 0 Å². The lowest BCUT2D eigenvalue weighted by Crippen LogP contribution is -2.60. The van der Waals surface area contributed by atoms with E-state index in [4.69, 9.17) is 9.47 Å². The number of ether oxygens (including phenoxy) is 2. The molecule has 330 valence electrons. The third-order valence-electron chi connectivity index (χ3n) is 10.5. The monoisotopic (exact) mass is 804 g/mol. The number of nitrogens with one attached hydrogen (secondary N) is 1. The number of hydrogen-bond acceptors (Lipinski definition) is 8. The average Bonchev–Trinajstić information content (AvgIpc) is 3.21. The van der Waals surface area contributed by atoms with E-state index in [1.165, 1.54) is 83.5 Å². The summed E-state index contributed by atoms with van der Waals surface area (Å²) in [6.07, 6.45) is 42.6. The van der Waals surface area contributed by atoms with Gasteiger partial charge in [-0.2, -0.15) is 0 Å². The van der Waals surface area contributed by atoms with Crippen LogP contribution in [0.3, 0.4) is 0 Å². The number of amides is 1. The molecule has 7 atom stereocenters. The Morgan fingerprint density at radius 1 is 0.596 bits per heavy atom. The largest absolute Gasteiger partial charge is 0.394 e. The predicted octanol–water partition coefficient (Wildman–Crippen LogP) is 9.61. The summed E-state index contributed by atoms with van der Waals surface area (Å²) in [6.45, 7) is 3.69. The van der Waals surface area contributed by atoms with Gasteiger partial charge in [-0.25, -0.2) is 0 Å². The zero-order valence-corrected chi connectivity index (χ0v) is 36.1. The first kappa shape index (κ1) is 52.9. The Kier molecular flexibility index (Phi) is 35.4. The van der Waals surface area contributed by atoms with Gasteiger partial charge in [-0.3, -0.25) is 4.79 Å². The molecule has 1 amide bonds. The van der Waals surface area contributed by atoms with Crippen molar-refractivity contribution >= 4 is 5.91 Å². The predicted molar refractivity (Wildman–Crippen MR) is 235 cm³/mol. The van der Waals surface area contributed by atoms with E-state index in [-0.39, 0.29) is 12.5 Å². The fourth-order valence-electron chi connectivity index (χ4n) is 6.79. The van der Waals surface area contributed by atoms with E-state index in [0.717, 1.165) is 77.0 Å². The Hall–Kier alpha value is -2.11. The van der Waals surface area contributed by atoms with Gasteiger partial charge < -0.3 is 40.3 Å². The highest BCUT2D eigenvalue weighted by Crippen LogP contribution is 2.22. The number of carbonyl (C=O) groups is 1. The normalized spacial score (nSPS) is 21.6. The minimum atomic E-state index is -1.58. The van der Waals surface area contributed by atoms with Crippen molar-refractivity contribution in [3.8, 4) is 0 Å².